The molecule has 0 aliphatic heterocycles. The summed E-state index contributed by atoms with van der Waals surface area (Å²) in [6.45, 7) is 2.56. The van der Waals surface area contributed by atoms with Crippen LogP contribution in [0.2, 0.25) is 0 Å². The summed E-state index contributed by atoms with van der Waals surface area (Å²) < 4.78 is 4.94. The van der Waals surface area contributed by atoms with Crippen LogP contribution in [-0.2, 0) is 20.9 Å². The smallest absolute Gasteiger partial charge is 0.345 e. The quantitative estimate of drug-likeness (QED) is 0.285. The number of hydrogen-bond donors (Lipinski definition) is 1. The minimum Gasteiger partial charge on any atom is -0.512 e. The van der Waals surface area contributed by atoms with Gasteiger partial charge in [-0.2, -0.15) is 0 Å². The maximum atomic E-state index is 11.5. The molecule has 1 aromatic rings. The third-order valence-electron chi connectivity index (χ3n) is 2.13. The van der Waals surface area contributed by atoms with Crippen LogP contribution in [0.1, 0.15) is 19.4 Å². The van der Waals surface area contributed by atoms with Gasteiger partial charge in [0.2, 0.25) is 0 Å². The fourth-order valence-electron chi connectivity index (χ4n) is 1.34. The second-order valence-corrected chi connectivity index (χ2v) is 3.58. The zero-order chi connectivity index (χ0) is 12.8. The Morgan fingerprint density at radius 3 is 2.24 bits per heavy atom. The second-order valence-electron chi connectivity index (χ2n) is 3.58. The van der Waals surface area contributed by atoms with E-state index in [9.17, 15) is 14.7 Å². The molecule has 1 aromatic carbocycles. The number of esters is 1. The largest absolute Gasteiger partial charge is 0.512 e. The Kier molecular flexibility index (Phi) is 4.46. The summed E-state index contributed by atoms with van der Waals surface area (Å²) in [6, 6.07) is 9.10. The van der Waals surface area contributed by atoms with Gasteiger partial charge in [-0.25, -0.2) is 4.79 Å². The number of hydrogen-bond acceptors (Lipinski definition) is 4. The van der Waals surface area contributed by atoms with Crippen LogP contribution in [0.15, 0.2) is 41.7 Å². The Balaban J connectivity index is 2.68. The van der Waals surface area contributed by atoms with E-state index in [4.69, 9.17) is 4.74 Å². The fourth-order valence-corrected chi connectivity index (χ4v) is 1.34. The third-order valence-corrected chi connectivity index (χ3v) is 2.13. The number of allylic oxidation sites excluding steroid dienone is 1. The van der Waals surface area contributed by atoms with Gasteiger partial charge in [-0.3, -0.25) is 4.79 Å². The zero-order valence-corrected chi connectivity index (χ0v) is 9.77. The van der Waals surface area contributed by atoms with Crippen LogP contribution >= 0.6 is 0 Å². The first-order valence-corrected chi connectivity index (χ1v) is 5.14. The molecule has 0 fully saturated rings. The van der Waals surface area contributed by atoms with Gasteiger partial charge in [0.15, 0.2) is 5.78 Å². The average Bonchev–Trinajstić information content (AvgIpc) is 2.27. The van der Waals surface area contributed by atoms with Crippen molar-refractivity contribution in [3.8, 4) is 0 Å². The van der Waals surface area contributed by atoms with Crippen LogP contribution in [0.5, 0.6) is 0 Å². The summed E-state index contributed by atoms with van der Waals surface area (Å²) in [7, 11) is 0. The Hall–Kier alpha value is -2.10. The average molecular weight is 234 g/mol. The second kappa shape index (κ2) is 5.84. The summed E-state index contributed by atoms with van der Waals surface area (Å²) in [5.41, 5.74) is 0.514. The normalized spacial score (nSPS) is 11.6. The lowest BCUT2D eigenvalue weighted by molar-refractivity contribution is -0.141. The lowest BCUT2D eigenvalue weighted by Crippen LogP contribution is -2.15. The highest BCUT2D eigenvalue weighted by atomic mass is 16.5. The third kappa shape index (κ3) is 3.75. The number of carbonyl (C=O) groups excluding carboxylic acids is 2. The van der Waals surface area contributed by atoms with Crippen molar-refractivity contribution in [2.24, 2.45) is 0 Å². The standard InChI is InChI=1S/C13H14O4/c1-9(14)12(10(2)15)13(16)17-8-11-6-4-3-5-7-11/h3-7,14H,8H2,1-2H3/b12-9-. The molecule has 1 rings (SSSR count). The minimum absolute atomic E-state index is 0.0731. The molecule has 0 saturated heterocycles. The predicted octanol–water partition coefficient (Wildman–Crippen LogP) is 2.15. The fraction of sp³-hybridized carbons (Fsp3) is 0.231. The van der Waals surface area contributed by atoms with Gasteiger partial charge in [0.05, 0.1) is 0 Å². The minimum atomic E-state index is -0.804. The summed E-state index contributed by atoms with van der Waals surface area (Å²) in [6.07, 6.45) is 0. The van der Waals surface area contributed by atoms with Crippen LogP contribution < -0.4 is 0 Å². The van der Waals surface area contributed by atoms with Gasteiger partial charge in [-0.15, -0.1) is 0 Å². The molecule has 0 atom stereocenters. The molecule has 0 bridgehead atoms. The summed E-state index contributed by atoms with van der Waals surface area (Å²) in [4.78, 5) is 22.7. The predicted molar refractivity (Wildman–Crippen MR) is 62.2 cm³/mol. The Labute approximate surface area is 99.5 Å². The number of benzene rings is 1. The molecule has 90 valence electrons. The van der Waals surface area contributed by atoms with Gasteiger partial charge in [0, 0.05) is 0 Å². The molecular weight excluding hydrogens is 220 g/mol. The molecule has 0 radical (unpaired) electrons. The molecule has 0 amide bonds. The molecule has 0 heterocycles. The van der Waals surface area contributed by atoms with Crippen LogP contribution in [0.3, 0.4) is 0 Å². The molecule has 0 aliphatic rings. The molecule has 1 N–H and O–H groups in total. The number of aliphatic hydroxyl groups excluding tert-OH is 1. The van der Waals surface area contributed by atoms with E-state index >= 15 is 0 Å². The Bertz CT molecular complexity index is 442. The van der Waals surface area contributed by atoms with E-state index in [0.29, 0.717) is 0 Å². The van der Waals surface area contributed by atoms with Gasteiger partial charge in [-0.05, 0) is 19.4 Å². The number of rotatable bonds is 4. The van der Waals surface area contributed by atoms with E-state index in [1.807, 2.05) is 18.2 Å². The SMILES string of the molecule is CC(=O)/C(C(=O)OCc1ccccc1)=C(\C)O. The van der Waals surface area contributed by atoms with Gasteiger partial charge in [0.1, 0.15) is 17.9 Å². The van der Waals surface area contributed by atoms with Crippen LogP contribution in [-0.4, -0.2) is 16.9 Å². The van der Waals surface area contributed by atoms with E-state index < -0.39 is 11.8 Å². The van der Waals surface area contributed by atoms with Crippen molar-refractivity contribution in [3.05, 3.63) is 47.2 Å². The van der Waals surface area contributed by atoms with Crippen molar-refractivity contribution >= 4 is 11.8 Å². The maximum absolute atomic E-state index is 11.5. The molecule has 4 nitrogen and oxygen atoms in total. The highest BCUT2D eigenvalue weighted by molar-refractivity contribution is 6.16. The van der Waals surface area contributed by atoms with E-state index in [2.05, 4.69) is 0 Å². The van der Waals surface area contributed by atoms with Crippen molar-refractivity contribution < 1.29 is 19.4 Å². The first kappa shape index (κ1) is 13.0. The van der Waals surface area contributed by atoms with Crippen LogP contribution in [0, 0.1) is 0 Å². The molecule has 17 heavy (non-hydrogen) atoms. The molecule has 4 heteroatoms. The van der Waals surface area contributed by atoms with Crippen LogP contribution in [0.25, 0.3) is 0 Å². The number of carbonyl (C=O) groups is 2. The van der Waals surface area contributed by atoms with Crippen molar-refractivity contribution in [2.45, 2.75) is 20.5 Å². The first-order chi connectivity index (χ1) is 8.02. The Morgan fingerprint density at radius 1 is 1.18 bits per heavy atom. The summed E-state index contributed by atoms with van der Waals surface area (Å²) >= 11 is 0. The lowest BCUT2D eigenvalue weighted by atomic mass is 10.1. The topological polar surface area (TPSA) is 63.6 Å². The van der Waals surface area contributed by atoms with Crippen molar-refractivity contribution in [1.82, 2.24) is 0 Å². The monoisotopic (exact) mass is 234 g/mol. The number of ketones is 1. The lowest BCUT2D eigenvalue weighted by Gasteiger charge is -2.06. The molecule has 0 saturated carbocycles. The molecule has 0 unspecified atom stereocenters. The highest BCUT2D eigenvalue weighted by Gasteiger charge is 2.19. The van der Waals surface area contributed by atoms with E-state index in [1.165, 1.54) is 13.8 Å². The van der Waals surface area contributed by atoms with E-state index in [1.54, 1.807) is 12.1 Å². The zero-order valence-electron chi connectivity index (χ0n) is 9.77. The van der Waals surface area contributed by atoms with Gasteiger partial charge < -0.3 is 9.84 Å². The van der Waals surface area contributed by atoms with Crippen molar-refractivity contribution in [3.63, 3.8) is 0 Å². The molecular formula is C13H14O4. The maximum Gasteiger partial charge on any atom is 0.345 e. The number of Topliss-reactive ketones (excluding diaryl/α,β-unsaturated/α-hetero) is 1. The van der Waals surface area contributed by atoms with E-state index in [-0.39, 0.29) is 17.9 Å². The van der Waals surface area contributed by atoms with Gasteiger partial charge in [-0.1, -0.05) is 30.3 Å². The first-order valence-electron chi connectivity index (χ1n) is 5.14. The highest BCUT2D eigenvalue weighted by Crippen LogP contribution is 2.08. The van der Waals surface area contributed by atoms with Gasteiger partial charge >= 0.3 is 5.97 Å². The summed E-state index contributed by atoms with van der Waals surface area (Å²) in [5.74, 6) is -1.64. The molecule has 0 spiro atoms. The number of aliphatic hydroxyl groups is 1. The summed E-state index contributed by atoms with van der Waals surface area (Å²) in [5, 5.41) is 9.21. The van der Waals surface area contributed by atoms with E-state index in [0.717, 1.165) is 5.56 Å². The van der Waals surface area contributed by atoms with Crippen molar-refractivity contribution in [2.75, 3.05) is 0 Å². The van der Waals surface area contributed by atoms with Crippen molar-refractivity contribution in [1.29, 1.82) is 0 Å². The van der Waals surface area contributed by atoms with Gasteiger partial charge in [0.25, 0.3) is 0 Å². The Morgan fingerprint density at radius 2 is 1.76 bits per heavy atom. The van der Waals surface area contributed by atoms with Crippen LogP contribution in [0.4, 0.5) is 0 Å². The molecule has 0 aromatic heterocycles. The number of ether oxygens (including phenoxy) is 1. The molecule has 0 aliphatic carbocycles.